The minimum Gasteiger partial charge on any atom is -0.463 e. The molecule has 0 atom stereocenters. The van der Waals surface area contributed by atoms with Gasteiger partial charge in [-0.25, -0.2) is 18.8 Å². The number of hydrogen-bond donors (Lipinski definition) is 2. The number of halogens is 2. The summed E-state index contributed by atoms with van der Waals surface area (Å²) < 4.78 is 24.1. The maximum Gasteiger partial charge on any atom is 0.339 e. The van der Waals surface area contributed by atoms with E-state index in [-0.39, 0.29) is 34.2 Å². The van der Waals surface area contributed by atoms with Crippen LogP contribution in [0.2, 0.25) is 5.02 Å². The van der Waals surface area contributed by atoms with Crippen LogP contribution >= 0.6 is 11.6 Å². The number of urea groups is 1. The molecule has 7 nitrogen and oxygen atoms in total. The van der Waals surface area contributed by atoms with Crippen molar-refractivity contribution >= 4 is 35.3 Å². The molecule has 0 saturated heterocycles. The smallest absolute Gasteiger partial charge is 0.339 e. The standard InChI is InChI=1S/C19H24ClFN2O5/c1-6-12(17(24)27-7-2)11(5)22-19(26)23-16-8-13(14(20)9-15(16)21)18(25)28-10(3)4/h8-10H,6-7H2,1-5H3,(H2,22,23,26)/b12-11-. The van der Waals surface area contributed by atoms with Crippen LogP contribution in [0.4, 0.5) is 14.9 Å². The van der Waals surface area contributed by atoms with Gasteiger partial charge >= 0.3 is 18.0 Å². The largest absolute Gasteiger partial charge is 0.463 e. The molecule has 1 rings (SSSR count). The van der Waals surface area contributed by atoms with E-state index in [2.05, 4.69) is 10.6 Å². The Labute approximate surface area is 168 Å². The third-order valence-electron chi connectivity index (χ3n) is 3.50. The Morgan fingerprint density at radius 1 is 1.21 bits per heavy atom. The van der Waals surface area contributed by atoms with Crippen molar-refractivity contribution < 1.29 is 28.2 Å². The molecule has 0 aliphatic heterocycles. The van der Waals surface area contributed by atoms with E-state index in [1.165, 1.54) is 6.92 Å². The van der Waals surface area contributed by atoms with Crippen molar-refractivity contribution in [2.45, 2.75) is 47.1 Å². The first kappa shape index (κ1) is 23.4. The summed E-state index contributed by atoms with van der Waals surface area (Å²) in [6.45, 7) is 8.45. The topological polar surface area (TPSA) is 93.7 Å². The van der Waals surface area contributed by atoms with Gasteiger partial charge in [0.15, 0.2) is 0 Å². The van der Waals surface area contributed by atoms with Crippen molar-refractivity contribution in [2.24, 2.45) is 0 Å². The molecule has 28 heavy (non-hydrogen) atoms. The summed E-state index contributed by atoms with van der Waals surface area (Å²) in [7, 11) is 0. The highest BCUT2D eigenvalue weighted by Crippen LogP contribution is 2.25. The van der Waals surface area contributed by atoms with Gasteiger partial charge in [-0.15, -0.1) is 0 Å². The summed E-state index contributed by atoms with van der Waals surface area (Å²) in [5, 5.41) is 4.61. The summed E-state index contributed by atoms with van der Waals surface area (Å²) in [6.07, 6.45) is -0.0534. The second kappa shape index (κ2) is 10.7. The molecule has 0 aliphatic carbocycles. The van der Waals surface area contributed by atoms with Crippen LogP contribution in [0.1, 0.15) is 51.4 Å². The zero-order chi connectivity index (χ0) is 21.4. The van der Waals surface area contributed by atoms with Crippen molar-refractivity contribution in [1.29, 1.82) is 0 Å². The number of ether oxygens (including phenoxy) is 2. The van der Waals surface area contributed by atoms with Crippen LogP contribution in [0.15, 0.2) is 23.4 Å². The average molecular weight is 415 g/mol. The van der Waals surface area contributed by atoms with Gasteiger partial charge in [0.2, 0.25) is 0 Å². The van der Waals surface area contributed by atoms with Crippen molar-refractivity contribution in [3.05, 3.63) is 39.8 Å². The molecule has 1 aromatic carbocycles. The highest BCUT2D eigenvalue weighted by molar-refractivity contribution is 6.33. The predicted molar refractivity (Wildman–Crippen MR) is 104 cm³/mol. The van der Waals surface area contributed by atoms with Crippen LogP contribution in [-0.4, -0.2) is 30.7 Å². The molecule has 2 N–H and O–H groups in total. The van der Waals surface area contributed by atoms with Crippen LogP contribution < -0.4 is 10.6 Å². The zero-order valence-corrected chi connectivity index (χ0v) is 17.2. The first-order chi connectivity index (χ1) is 13.1. The van der Waals surface area contributed by atoms with Crippen molar-refractivity contribution in [3.63, 3.8) is 0 Å². The molecular weight excluding hydrogens is 391 g/mol. The molecule has 0 spiro atoms. The molecule has 0 heterocycles. The summed E-state index contributed by atoms with van der Waals surface area (Å²) in [4.78, 5) is 36.1. The van der Waals surface area contributed by atoms with Crippen molar-refractivity contribution in [3.8, 4) is 0 Å². The van der Waals surface area contributed by atoms with Crippen molar-refractivity contribution in [1.82, 2.24) is 5.32 Å². The van der Waals surface area contributed by atoms with E-state index in [1.807, 2.05) is 0 Å². The second-order valence-corrected chi connectivity index (χ2v) is 6.43. The molecule has 0 fully saturated rings. The van der Waals surface area contributed by atoms with Crippen LogP contribution in [0, 0.1) is 5.82 Å². The number of nitrogens with one attached hydrogen (secondary N) is 2. The molecular formula is C19H24ClFN2O5. The fourth-order valence-corrected chi connectivity index (χ4v) is 2.49. The second-order valence-electron chi connectivity index (χ2n) is 6.02. The number of benzene rings is 1. The van der Waals surface area contributed by atoms with Crippen LogP contribution in [0.3, 0.4) is 0 Å². The minimum absolute atomic E-state index is 0.0832. The molecule has 0 aliphatic rings. The van der Waals surface area contributed by atoms with Gasteiger partial charge in [0, 0.05) is 5.70 Å². The van der Waals surface area contributed by atoms with Gasteiger partial charge in [-0.3, -0.25) is 0 Å². The average Bonchev–Trinajstić information content (AvgIpc) is 2.57. The molecule has 154 valence electrons. The highest BCUT2D eigenvalue weighted by Gasteiger charge is 2.19. The predicted octanol–water partition coefficient (Wildman–Crippen LogP) is 4.41. The summed E-state index contributed by atoms with van der Waals surface area (Å²) in [5.74, 6) is -2.11. The monoisotopic (exact) mass is 414 g/mol. The summed E-state index contributed by atoms with van der Waals surface area (Å²) >= 11 is 5.90. The van der Waals surface area contributed by atoms with Gasteiger partial charge in [-0.05, 0) is 46.2 Å². The maximum atomic E-state index is 14.1. The minimum atomic E-state index is -0.830. The Kier molecular flexibility index (Phi) is 8.91. The summed E-state index contributed by atoms with van der Waals surface area (Å²) in [6, 6.07) is 1.21. The molecule has 0 radical (unpaired) electrons. The van der Waals surface area contributed by atoms with Gasteiger partial charge in [0.1, 0.15) is 5.82 Å². The van der Waals surface area contributed by atoms with E-state index in [1.54, 1.807) is 27.7 Å². The SMILES string of the molecule is CCOC(=O)/C(CC)=C(/C)NC(=O)Nc1cc(C(=O)OC(C)C)c(Cl)cc1F. The molecule has 0 aromatic heterocycles. The fourth-order valence-electron chi connectivity index (χ4n) is 2.26. The maximum absolute atomic E-state index is 14.1. The third-order valence-corrected chi connectivity index (χ3v) is 3.81. The van der Waals surface area contributed by atoms with Gasteiger partial charge in [0.05, 0.1) is 34.6 Å². The Bertz CT molecular complexity index is 793. The van der Waals surface area contributed by atoms with Crippen LogP contribution in [0.5, 0.6) is 0 Å². The lowest BCUT2D eigenvalue weighted by molar-refractivity contribution is -0.138. The highest BCUT2D eigenvalue weighted by atomic mass is 35.5. The number of carbonyl (C=O) groups is 3. The van der Waals surface area contributed by atoms with Gasteiger partial charge < -0.3 is 20.1 Å². The van der Waals surface area contributed by atoms with Crippen molar-refractivity contribution in [2.75, 3.05) is 11.9 Å². The molecule has 0 saturated carbocycles. The molecule has 0 unspecified atom stereocenters. The number of hydrogen-bond acceptors (Lipinski definition) is 5. The Morgan fingerprint density at radius 2 is 1.86 bits per heavy atom. The first-order valence-corrected chi connectivity index (χ1v) is 9.13. The Hall–Kier alpha value is -2.61. The lowest BCUT2D eigenvalue weighted by Crippen LogP contribution is -2.29. The number of amides is 2. The van der Waals surface area contributed by atoms with E-state index < -0.39 is 29.9 Å². The molecule has 0 bridgehead atoms. The lowest BCUT2D eigenvalue weighted by Gasteiger charge is -2.14. The van der Waals surface area contributed by atoms with E-state index in [4.69, 9.17) is 21.1 Å². The number of esters is 2. The van der Waals surface area contributed by atoms with Crippen LogP contribution in [-0.2, 0) is 14.3 Å². The van der Waals surface area contributed by atoms with Gasteiger partial charge in [0.25, 0.3) is 0 Å². The third kappa shape index (κ3) is 6.53. The normalized spacial score (nSPS) is 11.6. The molecule has 1 aromatic rings. The number of allylic oxidation sites excluding steroid dienone is 1. The quantitative estimate of drug-likeness (QED) is 0.509. The van der Waals surface area contributed by atoms with E-state index >= 15 is 0 Å². The van der Waals surface area contributed by atoms with Crippen LogP contribution in [0.25, 0.3) is 0 Å². The molecule has 9 heteroatoms. The van der Waals surface area contributed by atoms with Gasteiger partial charge in [-0.2, -0.15) is 0 Å². The fraction of sp³-hybridized carbons (Fsp3) is 0.421. The number of rotatable bonds is 7. The molecule has 2 amide bonds. The number of carbonyl (C=O) groups excluding carboxylic acids is 3. The van der Waals surface area contributed by atoms with E-state index in [0.29, 0.717) is 6.42 Å². The Morgan fingerprint density at radius 3 is 2.39 bits per heavy atom. The summed E-state index contributed by atoms with van der Waals surface area (Å²) in [5.41, 5.74) is 0.210. The number of anilines is 1. The first-order valence-electron chi connectivity index (χ1n) is 8.75. The van der Waals surface area contributed by atoms with E-state index in [9.17, 15) is 18.8 Å². The van der Waals surface area contributed by atoms with Gasteiger partial charge in [-0.1, -0.05) is 18.5 Å². The lowest BCUT2D eigenvalue weighted by atomic mass is 10.1. The zero-order valence-electron chi connectivity index (χ0n) is 16.4. The Balaban J connectivity index is 3.02. The van der Waals surface area contributed by atoms with E-state index in [0.717, 1.165) is 12.1 Å².